The molecule has 0 aliphatic carbocycles. The first-order chi connectivity index (χ1) is 15.0. The number of piperidine rings is 1. The Kier molecular flexibility index (Phi) is 5.66. The Bertz CT molecular complexity index is 1050. The fraction of sp³-hybridized carbons (Fsp3) is 0.500. The molecule has 166 valence electrons. The first-order valence-electron chi connectivity index (χ1n) is 10.8. The molecule has 3 aliphatic heterocycles. The van der Waals surface area contributed by atoms with Crippen molar-refractivity contribution in [2.45, 2.75) is 35.9 Å². The number of hydrogen-bond donors (Lipinski definition) is 0. The quantitative estimate of drug-likeness (QED) is 0.697. The van der Waals surface area contributed by atoms with Gasteiger partial charge in [-0.2, -0.15) is 4.31 Å². The molecule has 0 unspecified atom stereocenters. The molecule has 2 fully saturated rings. The zero-order valence-electron chi connectivity index (χ0n) is 17.2. The van der Waals surface area contributed by atoms with Crippen molar-refractivity contribution in [3.05, 3.63) is 41.3 Å². The first kappa shape index (κ1) is 20.8. The van der Waals surface area contributed by atoms with Crippen molar-refractivity contribution in [1.82, 2.24) is 9.21 Å². The molecule has 2 saturated heterocycles. The largest absolute Gasteiger partial charge is 0.486 e. The molecule has 2 atom stereocenters. The molecular formula is C22H26N2O5S2. The Hall–Kier alpha value is -2.10. The number of nitrogens with zero attached hydrogens (tertiary/aromatic N) is 2. The lowest BCUT2D eigenvalue weighted by Crippen LogP contribution is -2.46. The second kappa shape index (κ2) is 8.44. The van der Waals surface area contributed by atoms with Crippen LogP contribution in [0.1, 0.15) is 37.3 Å². The Morgan fingerprint density at radius 2 is 1.84 bits per heavy atom. The summed E-state index contributed by atoms with van der Waals surface area (Å²) in [7, 11) is -3.53. The lowest BCUT2D eigenvalue weighted by atomic mass is 9.96. The molecule has 2 aromatic rings. The van der Waals surface area contributed by atoms with Crippen LogP contribution in [0.25, 0.3) is 0 Å². The number of amides is 1. The molecule has 5 rings (SSSR count). The number of likely N-dealkylation sites (tertiary alicyclic amines) is 1. The van der Waals surface area contributed by atoms with Gasteiger partial charge in [0.05, 0.1) is 12.0 Å². The van der Waals surface area contributed by atoms with E-state index in [1.807, 2.05) is 23.1 Å². The average molecular weight is 463 g/mol. The highest BCUT2D eigenvalue weighted by Crippen LogP contribution is 2.39. The highest BCUT2D eigenvalue weighted by atomic mass is 32.2. The van der Waals surface area contributed by atoms with Crippen molar-refractivity contribution in [3.63, 3.8) is 0 Å². The maximum atomic E-state index is 13.5. The minimum absolute atomic E-state index is 0.00685. The maximum absolute atomic E-state index is 13.5. The van der Waals surface area contributed by atoms with Crippen LogP contribution in [0.2, 0.25) is 0 Å². The molecule has 0 radical (unpaired) electrons. The van der Waals surface area contributed by atoms with Crippen molar-refractivity contribution in [2.24, 2.45) is 5.92 Å². The van der Waals surface area contributed by atoms with Crippen molar-refractivity contribution in [3.8, 4) is 11.5 Å². The number of benzene rings is 1. The van der Waals surface area contributed by atoms with Crippen LogP contribution < -0.4 is 9.47 Å². The van der Waals surface area contributed by atoms with Gasteiger partial charge < -0.3 is 14.4 Å². The second-order valence-electron chi connectivity index (χ2n) is 8.23. The molecule has 1 amide bonds. The summed E-state index contributed by atoms with van der Waals surface area (Å²) in [5.74, 6) is 1.23. The summed E-state index contributed by atoms with van der Waals surface area (Å²) in [4.78, 5) is 15.4. The summed E-state index contributed by atoms with van der Waals surface area (Å²) in [6, 6.07) is 9.28. The number of carbonyl (C=O) groups is 1. The molecule has 3 aliphatic rings. The molecule has 0 spiro atoms. The zero-order chi connectivity index (χ0) is 21.4. The van der Waals surface area contributed by atoms with Gasteiger partial charge >= 0.3 is 0 Å². The zero-order valence-corrected chi connectivity index (χ0v) is 18.9. The van der Waals surface area contributed by atoms with E-state index in [1.54, 1.807) is 17.5 Å². The lowest BCUT2D eigenvalue weighted by Gasteiger charge is -2.35. The molecule has 1 aromatic heterocycles. The fourth-order valence-electron chi connectivity index (χ4n) is 4.78. The topological polar surface area (TPSA) is 76.2 Å². The van der Waals surface area contributed by atoms with E-state index in [4.69, 9.17) is 9.47 Å². The predicted molar refractivity (Wildman–Crippen MR) is 117 cm³/mol. The normalized spacial score (nSPS) is 24.3. The van der Waals surface area contributed by atoms with E-state index in [9.17, 15) is 13.2 Å². The number of fused-ring (bicyclic) bond motifs is 1. The van der Waals surface area contributed by atoms with E-state index >= 15 is 0 Å². The molecular weight excluding hydrogens is 436 g/mol. The van der Waals surface area contributed by atoms with Crippen LogP contribution in [0.3, 0.4) is 0 Å². The van der Waals surface area contributed by atoms with Crippen molar-refractivity contribution >= 4 is 27.3 Å². The molecule has 4 heterocycles. The van der Waals surface area contributed by atoms with Gasteiger partial charge in [0.25, 0.3) is 10.0 Å². The van der Waals surface area contributed by atoms with Crippen molar-refractivity contribution in [1.29, 1.82) is 0 Å². The van der Waals surface area contributed by atoms with Crippen molar-refractivity contribution in [2.75, 3.05) is 32.8 Å². The molecule has 9 heteroatoms. The summed E-state index contributed by atoms with van der Waals surface area (Å²) in [6.07, 6.45) is 3.26. The third kappa shape index (κ3) is 3.94. The number of thiophene rings is 1. The maximum Gasteiger partial charge on any atom is 0.252 e. The monoisotopic (exact) mass is 462 g/mol. The van der Waals surface area contributed by atoms with Crippen LogP contribution in [-0.2, 0) is 14.8 Å². The average Bonchev–Trinajstić information content (AvgIpc) is 3.51. The predicted octanol–water partition coefficient (Wildman–Crippen LogP) is 3.28. The highest BCUT2D eigenvalue weighted by Gasteiger charge is 2.39. The molecule has 1 aromatic carbocycles. The van der Waals surface area contributed by atoms with Gasteiger partial charge in [0, 0.05) is 19.6 Å². The minimum Gasteiger partial charge on any atom is -0.486 e. The van der Waals surface area contributed by atoms with E-state index < -0.39 is 10.0 Å². The summed E-state index contributed by atoms with van der Waals surface area (Å²) in [5, 5.41) is 1.77. The van der Waals surface area contributed by atoms with Gasteiger partial charge in [0.1, 0.15) is 17.4 Å². The van der Waals surface area contributed by atoms with E-state index in [2.05, 4.69) is 0 Å². The van der Waals surface area contributed by atoms with Crippen molar-refractivity contribution < 1.29 is 22.7 Å². The van der Waals surface area contributed by atoms with E-state index in [0.717, 1.165) is 36.3 Å². The first-order valence-corrected chi connectivity index (χ1v) is 13.1. The smallest absolute Gasteiger partial charge is 0.252 e. The van der Waals surface area contributed by atoms with Crippen LogP contribution >= 0.6 is 11.3 Å². The molecule has 0 bridgehead atoms. The summed E-state index contributed by atoms with van der Waals surface area (Å²) < 4.78 is 39.1. The van der Waals surface area contributed by atoms with Gasteiger partial charge in [-0.25, -0.2) is 8.42 Å². The Morgan fingerprint density at radius 3 is 2.65 bits per heavy atom. The number of hydrogen-bond acceptors (Lipinski definition) is 6. The second-order valence-corrected chi connectivity index (χ2v) is 11.3. The van der Waals surface area contributed by atoms with Crippen LogP contribution in [0, 0.1) is 5.92 Å². The van der Waals surface area contributed by atoms with Crippen LogP contribution in [0.15, 0.2) is 39.9 Å². The molecule has 0 N–H and O–H groups in total. The Morgan fingerprint density at radius 1 is 1.03 bits per heavy atom. The molecule has 31 heavy (non-hydrogen) atoms. The van der Waals surface area contributed by atoms with Gasteiger partial charge in [-0.05, 0) is 54.8 Å². The third-order valence-corrected chi connectivity index (χ3v) is 9.55. The van der Waals surface area contributed by atoms with E-state index in [1.165, 1.54) is 15.6 Å². The lowest BCUT2D eigenvalue weighted by molar-refractivity contribution is -0.137. The molecule has 0 saturated carbocycles. The van der Waals surface area contributed by atoms with Crippen LogP contribution in [0.5, 0.6) is 11.5 Å². The standard InChI is InChI=1S/C22H26N2O5S2/c25-22(17-4-1-9-23(15-17)31(26,27)21-6-3-13-30-21)24-10-2-5-18(24)16-7-8-19-20(14-16)29-12-11-28-19/h3,6-8,13-14,17-18H,1-2,4-5,9-12,15H2/t17-,18+/m1/s1. The summed E-state index contributed by atoms with van der Waals surface area (Å²) in [6.45, 7) is 2.50. The molecule has 7 nitrogen and oxygen atoms in total. The van der Waals surface area contributed by atoms with E-state index in [-0.39, 0.29) is 24.4 Å². The van der Waals surface area contributed by atoms with Crippen LogP contribution in [0.4, 0.5) is 0 Å². The minimum atomic E-state index is -3.53. The van der Waals surface area contributed by atoms with Gasteiger partial charge in [0.15, 0.2) is 11.5 Å². The number of ether oxygens (including phenoxy) is 2. The highest BCUT2D eigenvalue weighted by molar-refractivity contribution is 7.91. The number of carbonyl (C=O) groups excluding carboxylic acids is 1. The number of rotatable bonds is 4. The third-order valence-electron chi connectivity index (χ3n) is 6.31. The van der Waals surface area contributed by atoms with Gasteiger partial charge in [-0.3, -0.25) is 4.79 Å². The van der Waals surface area contributed by atoms with Crippen LogP contribution in [-0.4, -0.2) is 56.4 Å². The Balaban J connectivity index is 1.33. The Labute approximate surface area is 186 Å². The van der Waals surface area contributed by atoms with E-state index in [0.29, 0.717) is 36.9 Å². The van der Waals surface area contributed by atoms with Gasteiger partial charge in [0.2, 0.25) is 5.91 Å². The fourth-order valence-corrected chi connectivity index (χ4v) is 7.45. The summed E-state index contributed by atoms with van der Waals surface area (Å²) in [5.41, 5.74) is 1.05. The van der Waals surface area contributed by atoms with Gasteiger partial charge in [-0.1, -0.05) is 12.1 Å². The van der Waals surface area contributed by atoms with Gasteiger partial charge in [-0.15, -0.1) is 11.3 Å². The SMILES string of the molecule is O=C([C@@H]1CCCN(S(=O)(=O)c2cccs2)C1)N1CCC[C@H]1c1ccc2c(c1)OCCO2. The number of sulfonamides is 1. The summed E-state index contributed by atoms with van der Waals surface area (Å²) >= 11 is 1.22.